The van der Waals surface area contributed by atoms with Gasteiger partial charge in [0, 0.05) is 18.4 Å². The second-order valence-electron chi connectivity index (χ2n) is 6.84. The number of hydrogen-bond acceptors (Lipinski definition) is 4. The summed E-state index contributed by atoms with van der Waals surface area (Å²) in [5, 5.41) is 10.8. The molecule has 2 bridgehead atoms. The minimum Gasteiger partial charge on any atom is -0.459 e. The number of aliphatic hydroxyl groups is 1. The maximum absolute atomic E-state index is 12.1. The molecule has 1 saturated heterocycles. The van der Waals surface area contributed by atoms with Gasteiger partial charge in [-0.05, 0) is 32.1 Å². The van der Waals surface area contributed by atoms with Gasteiger partial charge >= 0.3 is 5.97 Å². The predicted molar refractivity (Wildman–Crippen MR) is 74.0 cm³/mol. The number of methoxy groups -OCH3 is 1. The van der Waals surface area contributed by atoms with Crippen LogP contribution in [0.1, 0.15) is 39.0 Å². The van der Waals surface area contributed by atoms with Gasteiger partial charge in [0.05, 0.1) is 18.6 Å². The first-order chi connectivity index (χ1) is 9.55. The Morgan fingerprint density at radius 3 is 3.10 bits per heavy atom. The zero-order valence-electron chi connectivity index (χ0n) is 12.3. The summed E-state index contributed by atoms with van der Waals surface area (Å²) in [7, 11) is 1.61. The lowest BCUT2D eigenvalue weighted by Crippen LogP contribution is -2.47. The maximum Gasteiger partial charge on any atom is 0.312 e. The lowest BCUT2D eigenvalue weighted by molar-refractivity contribution is -0.153. The monoisotopic (exact) mass is 280 g/mol. The Balaban J connectivity index is 1.90. The van der Waals surface area contributed by atoms with Crippen LogP contribution in [-0.4, -0.2) is 37.0 Å². The second kappa shape index (κ2) is 5.15. The zero-order chi connectivity index (χ0) is 14.3. The van der Waals surface area contributed by atoms with E-state index >= 15 is 0 Å². The number of carbonyl (C=O) groups excluding carboxylic acids is 1. The van der Waals surface area contributed by atoms with Crippen LogP contribution in [0.25, 0.3) is 0 Å². The van der Waals surface area contributed by atoms with Crippen LogP contribution < -0.4 is 0 Å². The number of fused-ring (bicyclic) bond motifs is 3. The summed E-state index contributed by atoms with van der Waals surface area (Å²) in [6.45, 7) is 2.52. The van der Waals surface area contributed by atoms with E-state index in [9.17, 15) is 9.90 Å². The normalized spacial score (nSPS) is 44.1. The summed E-state index contributed by atoms with van der Waals surface area (Å²) >= 11 is 0. The highest BCUT2D eigenvalue weighted by molar-refractivity contribution is 5.75. The van der Waals surface area contributed by atoms with E-state index in [0.29, 0.717) is 6.61 Å². The summed E-state index contributed by atoms with van der Waals surface area (Å²) in [6, 6.07) is 0. The number of carbonyl (C=O) groups is 1. The van der Waals surface area contributed by atoms with E-state index in [1.54, 1.807) is 7.11 Å². The quantitative estimate of drug-likeness (QED) is 0.621. The van der Waals surface area contributed by atoms with Gasteiger partial charge in [-0.2, -0.15) is 0 Å². The van der Waals surface area contributed by atoms with Crippen LogP contribution in [-0.2, 0) is 14.3 Å². The molecule has 2 fully saturated rings. The van der Waals surface area contributed by atoms with Crippen LogP contribution in [0.15, 0.2) is 11.6 Å². The zero-order valence-corrected chi connectivity index (χ0v) is 12.3. The Hall–Kier alpha value is -0.870. The molecule has 0 radical (unpaired) electrons. The predicted octanol–water partition coefficient (Wildman–Crippen LogP) is 2.06. The van der Waals surface area contributed by atoms with Gasteiger partial charge in [-0.15, -0.1) is 0 Å². The van der Waals surface area contributed by atoms with E-state index in [4.69, 9.17) is 9.47 Å². The van der Waals surface area contributed by atoms with Crippen molar-refractivity contribution in [3.63, 3.8) is 0 Å². The van der Waals surface area contributed by atoms with Gasteiger partial charge in [-0.25, -0.2) is 0 Å². The number of aliphatic hydroxyl groups excluding tert-OH is 1. The van der Waals surface area contributed by atoms with Crippen LogP contribution in [0.5, 0.6) is 0 Å². The molecule has 0 spiro atoms. The number of ether oxygens (including phenoxy) is 2. The van der Waals surface area contributed by atoms with Gasteiger partial charge < -0.3 is 14.6 Å². The van der Waals surface area contributed by atoms with Gasteiger partial charge in [0.15, 0.2) is 0 Å². The van der Waals surface area contributed by atoms with Crippen molar-refractivity contribution in [2.24, 2.45) is 17.3 Å². The summed E-state index contributed by atoms with van der Waals surface area (Å²) in [4.78, 5) is 12.1. The molecule has 0 aromatic carbocycles. The molecular formula is C16H24O4. The van der Waals surface area contributed by atoms with Gasteiger partial charge in [0.25, 0.3) is 0 Å². The maximum atomic E-state index is 12.1. The third-order valence-electron chi connectivity index (χ3n) is 5.44. The first-order valence-corrected chi connectivity index (χ1v) is 7.60. The smallest absolute Gasteiger partial charge is 0.312 e. The minimum atomic E-state index is -0.567. The summed E-state index contributed by atoms with van der Waals surface area (Å²) in [6.07, 6.45) is 6.24. The molecule has 0 aromatic heterocycles. The molecule has 5 atom stereocenters. The first kappa shape index (κ1) is 14.1. The standard InChI is InChI=1S/C16H24O4/c1-16-7-3-4-10(8-16)5-6-11-12(9-19-2)15(18)20-13(11)14(16)17/h4,11-14,17H,3,5-9H2,1-2H3/t11-,12-,13-,14+,16+/m0/s1. The number of rotatable bonds is 2. The van der Waals surface area contributed by atoms with Gasteiger partial charge in [-0.3, -0.25) is 4.79 Å². The van der Waals surface area contributed by atoms with Crippen LogP contribution >= 0.6 is 0 Å². The third-order valence-corrected chi connectivity index (χ3v) is 5.44. The van der Waals surface area contributed by atoms with E-state index in [1.807, 2.05) is 0 Å². The topological polar surface area (TPSA) is 55.8 Å². The van der Waals surface area contributed by atoms with Gasteiger partial charge in [-0.1, -0.05) is 18.6 Å². The number of esters is 1. The highest BCUT2D eigenvalue weighted by atomic mass is 16.6. The Labute approximate surface area is 120 Å². The molecule has 4 heteroatoms. The molecule has 3 aliphatic rings. The molecule has 0 amide bonds. The van der Waals surface area contributed by atoms with Crippen molar-refractivity contribution in [1.82, 2.24) is 0 Å². The molecule has 1 N–H and O–H groups in total. The largest absolute Gasteiger partial charge is 0.459 e. The molecular weight excluding hydrogens is 256 g/mol. The van der Waals surface area contributed by atoms with E-state index in [0.717, 1.165) is 32.1 Å². The fraction of sp³-hybridized carbons (Fsp3) is 0.812. The first-order valence-electron chi connectivity index (χ1n) is 7.60. The van der Waals surface area contributed by atoms with E-state index in [1.165, 1.54) is 5.57 Å². The van der Waals surface area contributed by atoms with Crippen LogP contribution in [0.4, 0.5) is 0 Å². The Kier molecular flexibility index (Phi) is 3.63. The molecule has 0 unspecified atom stereocenters. The van der Waals surface area contributed by atoms with E-state index < -0.39 is 6.10 Å². The van der Waals surface area contributed by atoms with Crippen molar-refractivity contribution < 1.29 is 19.4 Å². The highest BCUT2D eigenvalue weighted by Gasteiger charge is 2.53. The molecule has 1 saturated carbocycles. The average molecular weight is 280 g/mol. The Morgan fingerprint density at radius 1 is 1.55 bits per heavy atom. The fourth-order valence-electron chi connectivity index (χ4n) is 4.22. The van der Waals surface area contributed by atoms with Crippen LogP contribution in [0.3, 0.4) is 0 Å². The lowest BCUT2D eigenvalue weighted by atomic mass is 9.65. The summed E-state index contributed by atoms with van der Waals surface area (Å²) in [5.41, 5.74) is 1.28. The third kappa shape index (κ3) is 2.19. The van der Waals surface area contributed by atoms with Crippen LogP contribution in [0, 0.1) is 17.3 Å². The van der Waals surface area contributed by atoms with Crippen LogP contribution in [0.2, 0.25) is 0 Å². The SMILES string of the molecule is COC[C@@H]1C(=O)O[C@H]2[C@H]1CCC1=CCC[C@](C)(C1)[C@@H]2O. The van der Waals surface area contributed by atoms with E-state index in [-0.39, 0.29) is 29.3 Å². The summed E-state index contributed by atoms with van der Waals surface area (Å²) in [5.74, 6) is -0.337. The molecule has 3 rings (SSSR count). The second-order valence-corrected chi connectivity index (χ2v) is 6.84. The molecule has 1 aliphatic heterocycles. The van der Waals surface area contributed by atoms with Gasteiger partial charge in [0.2, 0.25) is 0 Å². The van der Waals surface area contributed by atoms with Crippen molar-refractivity contribution in [2.75, 3.05) is 13.7 Å². The summed E-state index contributed by atoms with van der Waals surface area (Å²) < 4.78 is 10.7. The lowest BCUT2D eigenvalue weighted by Gasteiger charge is -2.43. The van der Waals surface area contributed by atoms with Gasteiger partial charge in [0.1, 0.15) is 6.10 Å². The Morgan fingerprint density at radius 2 is 2.35 bits per heavy atom. The van der Waals surface area contributed by atoms with E-state index in [2.05, 4.69) is 13.0 Å². The van der Waals surface area contributed by atoms with Crippen molar-refractivity contribution >= 4 is 5.97 Å². The highest BCUT2D eigenvalue weighted by Crippen LogP contribution is 2.48. The molecule has 112 valence electrons. The molecule has 2 aliphatic carbocycles. The fourth-order valence-corrected chi connectivity index (χ4v) is 4.22. The minimum absolute atomic E-state index is 0.0820. The average Bonchev–Trinajstić information content (AvgIpc) is 2.72. The van der Waals surface area contributed by atoms with Crippen molar-refractivity contribution in [2.45, 2.75) is 51.2 Å². The Bertz CT molecular complexity index is 430. The number of allylic oxidation sites excluding steroid dienone is 2. The molecule has 4 nitrogen and oxygen atoms in total. The number of hydrogen-bond donors (Lipinski definition) is 1. The van der Waals surface area contributed by atoms with Crippen molar-refractivity contribution in [1.29, 1.82) is 0 Å². The molecule has 1 heterocycles. The van der Waals surface area contributed by atoms with Crippen molar-refractivity contribution in [3.05, 3.63) is 11.6 Å². The molecule has 0 aromatic rings. The van der Waals surface area contributed by atoms with Crippen molar-refractivity contribution in [3.8, 4) is 0 Å². The molecule has 20 heavy (non-hydrogen) atoms.